The van der Waals surface area contributed by atoms with Gasteiger partial charge in [-0.05, 0) is 23.9 Å². The van der Waals surface area contributed by atoms with Crippen LogP contribution in [0.3, 0.4) is 0 Å². The minimum atomic E-state index is -3.37. The summed E-state index contributed by atoms with van der Waals surface area (Å²) in [6.45, 7) is 0. The summed E-state index contributed by atoms with van der Waals surface area (Å²) in [5.41, 5.74) is 0. The van der Waals surface area contributed by atoms with Gasteiger partial charge in [0, 0.05) is 6.07 Å². The first-order valence-corrected chi connectivity index (χ1v) is 7.40. The molecule has 8 heteroatoms. The highest BCUT2D eigenvalue weighted by atomic mass is 35.5. The van der Waals surface area contributed by atoms with Crippen molar-refractivity contribution in [1.29, 1.82) is 0 Å². The van der Waals surface area contributed by atoms with Gasteiger partial charge in [-0.3, -0.25) is 0 Å². The molecule has 2 rings (SSSR count). The molecule has 1 aliphatic rings. The third-order valence-electron chi connectivity index (χ3n) is 1.64. The Labute approximate surface area is 107 Å². The Balaban J connectivity index is 2.20. The molecule has 1 aliphatic heterocycles. The van der Waals surface area contributed by atoms with Crippen LogP contribution in [0.25, 0.3) is 0 Å². The number of thioether (sulfide) groups is 1. The first kappa shape index (κ1) is 12.0. The minimum Gasteiger partial charge on any atom is -0.433 e. The molecule has 0 radical (unpaired) electrons. The van der Waals surface area contributed by atoms with Crippen molar-refractivity contribution in [2.24, 2.45) is 4.40 Å². The SMILES string of the molecule is O=S1(=O)CSC(Oc2ccc(Cl)c(Cl)c2)=N1. The fraction of sp³-hybridized carbons (Fsp3) is 0.125. The molecule has 0 aromatic heterocycles. The lowest BCUT2D eigenvalue weighted by Gasteiger charge is -2.03. The van der Waals surface area contributed by atoms with Crippen molar-refractivity contribution in [3.63, 3.8) is 0 Å². The van der Waals surface area contributed by atoms with Crippen LogP contribution in [-0.2, 0) is 10.0 Å². The number of hydrogen-bond acceptors (Lipinski definition) is 4. The van der Waals surface area contributed by atoms with Crippen LogP contribution >= 0.6 is 35.0 Å². The maximum Gasteiger partial charge on any atom is 0.268 e. The molecule has 1 aromatic carbocycles. The maximum absolute atomic E-state index is 11.0. The monoisotopic (exact) mass is 297 g/mol. The van der Waals surface area contributed by atoms with Gasteiger partial charge in [-0.15, -0.1) is 4.40 Å². The largest absolute Gasteiger partial charge is 0.433 e. The number of ether oxygens (including phenoxy) is 1. The Morgan fingerprint density at radius 1 is 1.31 bits per heavy atom. The van der Waals surface area contributed by atoms with Gasteiger partial charge in [-0.1, -0.05) is 23.2 Å². The standard InChI is InChI=1S/C8H5Cl2NO3S2/c9-6-2-1-5(3-7(6)10)14-8-11-16(12,13)4-15-8/h1-3H,4H2. The molecule has 4 nitrogen and oxygen atoms in total. The zero-order valence-electron chi connectivity index (χ0n) is 7.68. The molecule has 0 atom stereocenters. The number of hydrogen-bond donors (Lipinski definition) is 0. The van der Waals surface area contributed by atoms with Crippen LogP contribution in [0.2, 0.25) is 10.0 Å². The van der Waals surface area contributed by atoms with Crippen molar-refractivity contribution in [3.8, 4) is 5.75 Å². The van der Waals surface area contributed by atoms with Crippen LogP contribution in [0.4, 0.5) is 0 Å². The van der Waals surface area contributed by atoms with Crippen LogP contribution < -0.4 is 4.74 Å². The Kier molecular flexibility index (Phi) is 3.34. The second-order valence-corrected chi connectivity index (χ2v) is 6.62. The molecule has 1 aromatic rings. The van der Waals surface area contributed by atoms with Gasteiger partial charge in [-0.2, -0.15) is 0 Å². The summed E-state index contributed by atoms with van der Waals surface area (Å²) in [4.78, 5) is 0. The molecule has 86 valence electrons. The second-order valence-electron chi connectivity index (χ2n) is 2.88. The van der Waals surface area contributed by atoms with Gasteiger partial charge < -0.3 is 4.74 Å². The molecule has 0 N–H and O–H groups in total. The van der Waals surface area contributed by atoms with E-state index in [9.17, 15) is 8.42 Å². The summed E-state index contributed by atoms with van der Waals surface area (Å²) in [6, 6.07) is 4.65. The molecule has 0 aliphatic carbocycles. The summed E-state index contributed by atoms with van der Waals surface area (Å²) in [5.74, 6) is 0.401. The molecule has 0 fully saturated rings. The van der Waals surface area contributed by atoms with Gasteiger partial charge in [-0.25, -0.2) is 8.42 Å². The fourth-order valence-corrected chi connectivity index (χ4v) is 3.45. The highest BCUT2D eigenvalue weighted by Crippen LogP contribution is 2.28. The van der Waals surface area contributed by atoms with Crippen molar-refractivity contribution in [2.75, 3.05) is 5.08 Å². The van der Waals surface area contributed by atoms with Gasteiger partial charge in [0.05, 0.1) is 10.0 Å². The molecule has 0 bridgehead atoms. The van der Waals surface area contributed by atoms with Gasteiger partial charge in [0.15, 0.2) is 0 Å². The summed E-state index contributed by atoms with van der Waals surface area (Å²) in [7, 11) is -3.37. The lowest BCUT2D eigenvalue weighted by Crippen LogP contribution is -2.00. The number of halogens is 2. The summed E-state index contributed by atoms with van der Waals surface area (Å²) < 4.78 is 30.7. The van der Waals surface area contributed by atoms with Crippen LogP contribution in [0, 0.1) is 0 Å². The highest BCUT2D eigenvalue weighted by molar-refractivity contribution is 8.24. The van der Waals surface area contributed by atoms with E-state index >= 15 is 0 Å². The Hall–Kier alpha value is -0.430. The lowest BCUT2D eigenvalue weighted by atomic mass is 10.3. The van der Waals surface area contributed by atoms with Crippen molar-refractivity contribution in [3.05, 3.63) is 28.2 Å². The number of sulfonamides is 1. The van der Waals surface area contributed by atoms with Crippen molar-refractivity contribution in [2.45, 2.75) is 0 Å². The molecule has 0 saturated heterocycles. The number of rotatable bonds is 1. The minimum absolute atomic E-state index is 0.0936. The zero-order valence-corrected chi connectivity index (χ0v) is 10.8. The van der Waals surface area contributed by atoms with E-state index < -0.39 is 10.0 Å². The van der Waals surface area contributed by atoms with Crippen molar-refractivity contribution >= 4 is 50.2 Å². The molecular weight excluding hydrogens is 293 g/mol. The molecule has 1 heterocycles. The average Bonchev–Trinajstić information content (AvgIpc) is 2.52. The number of benzene rings is 1. The zero-order chi connectivity index (χ0) is 11.8. The summed E-state index contributed by atoms with van der Waals surface area (Å²) in [6.07, 6.45) is 0. The highest BCUT2D eigenvalue weighted by Gasteiger charge is 2.22. The molecular formula is C8H5Cl2NO3S2. The molecule has 0 spiro atoms. The van der Waals surface area contributed by atoms with Gasteiger partial charge in [0.2, 0.25) is 0 Å². The molecule has 0 unspecified atom stereocenters. The van der Waals surface area contributed by atoms with Gasteiger partial charge in [0.25, 0.3) is 15.3 Å². The first-order chi connectivity index (χ1) is 7.46. The van der Waals surface area contributed by atoms with E-state index in [4.69, 9.17) is 27.9 Å². The molecule has 0 saturated carbocycles. The Morgan fingerprint density at radius 2 is 2.06 bits per heavy atom. The third kappa shape index (κ3) is 2.82. The fourth-order valence-electron chi connectivity index (χ4n) is 0.980. The van der Waals surface area contributed by atoms with Gasteiger partial charge >= 0.3 is 0 Å². The van der Waals surface area contributed by atoms with E-state index in [0.717, 1.165) is 11.8 Å². The van der Waals surface area contributed by atoms with Crippen LogP contribution in [-0.4, -0.2) is 18.7 Å². The van der Waals surface area contributed by atoms with E-state index in [-0.39, 0.29) is 10.3 Å². The van der Waals surface area contributed by atoms with Crippen LogP contribution in [0.1, 0.15) is 0 Å². The summed E-state index contributed by atoms with van der Waals surface area (Å²) in [5, 5.41) is 0.746. The smallest absolute Gasteiger partial charge is 0.268 e. The van der Waals surface area contributed by atoms with Crippen molar-refractivity contribution in [1.82, 2.24) is 0 Å². The second kappa shape index (κ2) is 4.44. The normalized spacial score (nSPS) is 18.2. The molecule has 16 heavy (non-hydrogen) atoms. The topological polar surface area (TPSA) is 55.7 Å². The van der Waals surface area contributed by atoms with E-state index in [1.807, 2.05) is 0 Å². The van der Waals surface area contributed by atoms with E-state index in [1.165, 1.54) is 6.07 Å². The Bertz CT molecular complexity index is 556. The predicted octanol–water partition coefficient (Wildman–Crippen LogP) is 2.76. The lowest BCUT2D eigenvalue weighted by molar-refractivity contribution is 0.566. The van der Waals surface area contributed by atoms with E-state index in [2.05, 4.69) is 4.40 Å². The van der Waals surface area contributed by atoms with Gasteiger partial charge in [0.1, 0.15) is 10.8 Å². The quantitative estimate of drug-likeness (QED) is 0.800. The maximum atomic E-state index is 11.0. The molecule has 0 amide bonds. The first-order valence-electron chi connectivity index (χ1n) is 4.05. The average molecular weight is 298 g/mol. The predicted molar refractivity (Wildman–Crippen MR) is 65.9 cm³/mol. The Morgan fingerprint density at radius 3 is 2.62 bits per heavy atom. The van der Waals surface area contributed by atoms with Crippen LogP contribution in [0.15, 0.2) is 22.6 Å². The summed E-state index contributed by atoms with van der Waals surface area (Å²) >= 11 is 12.5. The van der Waals surface area contributed by atoms with Crippen LogP contribution in [0.5, 0.6) is 5.75 Å². The van der Waals surface area contributed by atoms with E-state index in [0.29, 0.717) is 15.8 Å². The number of nitrogens with zero attached hydrogens (tertiary/aromatic N) is 1. The van der Waals surface area contributed by atoms with Crippen molar-refractivity contribution < 1.29 is 13.2 Å². The van der Waals surface area contributed by atoms with E-state index in [1.54, 1.807) is 12.1 Å². The third-order valence-corrected chi connectivity index (χ3v) is 5.02.